The van der Waals surface area contributed by atoms with Crippen LogP contribution >= 0.6 is 0 Å². The van der Waals surface area contributed by atoms with Gasteiger partial charge in [-0.15, -0.1) is 0 Å². The van der Waals surface area contributed by atoms with E-state index in [0.717, 1.165) is 30.3 Å². The molecular weight excluding hydrogens is 208 g/mol. The average molecular weight is 238 g/mol. The Kier molecular flexibility index (Phi) is 3.87. The second-order valence-electron chi connectivity index (χ2n) is 7.09. The third kappa shape index (κ3) is 2.70. The van der Waals surface area contributed by atoms with Crippen LogP contribution in [0.4, 0.5) is 0 Å². The maximum atomic E-state index is 6.03. The molecule has 0 radical (unpaired) electrons. The van der Waals surface area contributed by atoms with Crippen LogP contribution in [0, 0.1) is 29.1 Å². The molecule has 0 amide bonds. The molecule has 2 fully saturated rings. The van der Waals surface area contributed by atoms with E-state index in [1.165, 1.54) is 25.7 Å². The zero-order valence-corrected chi connectivity index (χ0v) is 12.3. The van der Waals surface area contributed by atoms with Crippen molar-refractivity contribution in [2.45, 2.75) is 66.4 Å². The monoisotopic (exact) mass is 238 g/mol. The zero-order chi connectivity index (χ0) is 12.6. The van der Waals surface area contributed by atoms with E-state index in [-0.39, 0.29) is 0 Å². The van der Waals surface area contributed by atoms with Crippen molar-refractivity contribution >= 4 is 0 Å². The van der Waals surface area contributed by atoms with Crippen LogP contribution in [0.25, 0.3) is 0 Å². The molecule has 1 heterocycles. The molecular formula is C16H30O. The predicted octanol–water partition coefficient (Wildman–Crippen LogP) is 4.51. The maximum Gasteiger partial charge on any atom is 0.0550 e. The minimum Gasteiger partial charge on any atom is -0.378 e. The lowest BCUT2D eigenvalue weighted by molar-refractivity contribution is 0.0138. The molecule has 0 aromatic heterocycles. The van der Waals surface area contributed by atoms with E-state index in [1.807, 2.05) is 0 Å². The summed E-state index contributed by atoms with van der Waals surface area (Å²) < 4.78 is 6.03. The van der Waals surface area contributed by atoms with Crippen molar-refractivity contribution < 1.29 is 4.74 Å². The zero-order valence-electron chi connectivity index (χ0n) is 12.3. The van der Waals surface area contributed by atoms with Crippen molar-refractivity contribution in [3.63, 3.8) is 0 Å². The normalized spacial score (nSPS) is 45.4. The van der Waals surface area contributed by atoms with E-state index in [4.69, 9.17) is 4.74 Å². The van der Waals surface area contributed by atoms with Gasteiger partial charge in [0, 0.05) is 0 Å². The van der Waals surface area contributed by atoms with Gasteiger partial charge in [0.1, 0.15) is 0 Å². The SMILES string of the molecule is CCC1CC1C1CC(C)OCC(C)(C)C1CC. The quantitative estimate of drug-likeness (QED) is 0.703. The van der Waals surface area contributed by atoms with E-state index < -0.39 is 0 Å². The van der Waals surface area contributed by atoms with Gasteiger partial charge >= 0.3 is 0 Å². The largest absolute Gasteiger partial charge is 0.378 e. The van der Waals surface area contributed by atoms with Crippen LogP contribution in [0.1, 0.15) is 60.3 Å². The van der Waals surface area contributed by atoms with Crippen molar-refractivity contribution in [3.05, 3.63) is 0 Å². The van der Waals surface area contributed by atoms with Crippen molar-refractivity contribution in [2.24, 2.45) is 29.1 Å². The third-order valence-electron chi connectivity index (χ3n) is 5.36. The lowest BCUT2D eigenvalue weighted by Gasteiger charge is -2.36. The second kappa shape index (κ2) is 4.91. The van der Waals surface area contributed by atoms with Gasteiger partial charge in [0.05, 0.1) is 12.7 Å². The predicted molar refractivity (Wildman–Crippen MR) is 73.0 cm³/mol. The molecule has 0 aromatic carbocycles. The Hall–Kier alpha value is -0.0400. The Morgan fingerprint density at radius 1 is 1.06 bits per heavy atom. The summed E-state index contributed by atoms with van der Waals surface area (Å²) in [5, 5.41) is 0. The summed E-state index contributed by atoms with van der Waals surface area (Å²) in [7, 11) is 0. The molecule has 0 N–H and O–H groups in total. The molecule has 0 spiro atoms. The fourth-order valence-electron chi connectivity index (χ4n) is 4.25. The summed E-state index contributed by atoms with van der Waals surface area (Å²) in [6.45, 7) is 12.8. The van der Waals surface area contributed by atoms with Gasteiger partial charge in [-0.25, -0.2) is 0 Å². The molecule has 1 saturated heterocycles. The van der Waals surface area contributed by atoms with E-state index in [1.54, 1.807) is 0 Å². The number of ether oxygens (including phenoxy) is 1. The standard InChI is InChI=1S/C16H30O/c1-6-12-9-13(12)14-8-11(3)17-10-16(4,5)15(14)7-2/h11-15H,6-10H2,1-5H3. The Labute approximate surface area is 107 Å². The Bertz CT molecular complexity index is 258. The summed E-state index contributed by atoms with van der Waals surface area (Å²) >= 11 is 0. The van der Waals surface area contributed by atoms with Crippen LogP contribution in [0.3, 0.4) is 0 Å². The number of hydrogen-bond acceptors (Lipinski definition) is 1. The van der Waals surface area contributed by atoms with E-state index in [2.05, 4.69) is 34.6 Å². The molecule has 0 aromatic rings. The summed E-state index contributed by atoms with van der Waals surface area (Å²) in [5.41, 5.74) is 0.366. The first-order valence-corrected chi connectivity index (χ1v) is 7.61. The lowest BCUT2D eigenvalue weighted by atomic mass is 9.68. The minimum absolute atomic E-state index is 0.366. The van der Waals surface area contributed by atoms with Gasteiger partial charge in [0.15, 0.2) is 0 Å². The first-order chi connectivity index (χ1) is 7.99. The summed E-state index contributed by atoms with van der Waals surface area (Å²) in [5.74, 6) is 3.80. The smallest absolute Gasteiger partial charge is 0.0550 e. The summed E-state index contributed by atoms with van der Waals surface area (Å²) in [6, 6.07) is 0. The topological polar surface area (TPSA) is 9.23 Å². The molecule has 0 bridgehead atoms. The van der Waals surface area contributed by atoms with E-state index in [9.17, 15) is 0 Å². The molecule has 17 heavy (non-hydrogen) atoms. The van der Waals surface area contributed by atoms with Crippen LogP contribution in [-0.2, 0) is 4.74 Å². The number of rotatable bonds is 3. The Morgan fingerprint density at radius 2 is 1.76 bits per heavy atom. The van der Waals surface area contributed by atoms with Crippen LogP contribution in [-0.4, -0.2) is 12.7 Å². The summed E-state index contributed by atoms with van der Waals surface area (Å²) in [4.78, 5) is 0. The second-order valence-corrected chi connectivity index (χ2v) is 7.09. The van der Waals surface area contributed by atoms with Crippen LogP contribution < -0.4 is 0 Å². The molecule has 2 aliphatic rings. The molecule has 2 rings (SSSR count). The van der Waals surface area contributed by atoms with Crippen molar-refractivity contribution in [3.8, 4) is 0 Å². The van der Waals surface area contributed by atoms with Crippen LogP contribution in [0.2, 0.25) is 0 Å². The lowest BCUT2D eigenvalue weighted by Crippen LogP contribution is -2.32. The van der Waals surface area contributed by atoms with Crippen LogP contribution in [0.15, 0.2) is 0 Å². The van der Waals surface area contributed by atoms with Gasteiger partial charge in [-0.3, -0.25) is 0 Å². The fourth-order valence-corrected chi connectivity index (χ4v) is 4.25. The molecule has 1 nitrogen and oxygen atoms in total. The third-order valence-corrected chi connectivity index (χ3v) is 5.36. The molecule has 1 heteroatoms. The molecule has 100 valence electrons. The molecule has 1 aliphatic carbocycles. The van der Waals surface area contributed by atoms with Gasteiger partial charge in [-0.1, -0.05) is 40.5 Å². The highest BCUT2D eigenvalue weighted by atomic mass is 16.5. The maximum absolute atomic E-state index is 6.03. The van der Waals surface area contributed by atoms with Gasteiger partial charge in [-0.2, -0.15) is 0 Å². The molecule has 5 unspecified atom stereocenters. The highest BCUT2D eigenvalue weighted by Gasteiger charge is 2.49. The van der Waals surface area contributed by atoms with E-state index >= 15 is 0 Å². The minimum atomic E-state index is 0.366. The average Bonchev–Trinajstić information content (AvgIpc) is 3.04. The van der Waals surface area contributed by atoms with Crippen molar-refractivity contribution in [1.82, 2.24) is 0 Å². The molecule has 1 aliphatic heterocycles. The van der Waals surface area contributed by atoms with Crippen LogP contribution in [0.5, 0.6) is 0 Å². The number of hydrogen-bond donors (Lipinski definition) is 0. The van der Waals surface area contributed by atoms with Gasteiger partial charge in [-0.05, 0) is 48.9 Å². The highest BCUT2D eigenvalue weighted by molar-refractivity contribution is 4.98. The summed E-state index contributed by atoms with van der Waals surface area (Å²) in [6.07, 6.45) is 5.95. The van der Waals surface area contributed by atoms with Crippen molar-refractivity contribution in [1.29, 1.82) is 0 Å². The Morgan fingerprint density at radius 3 is 2.29 bits per heavy atom. The first-order valence-electron chi connectivity index (χ1n) is 7.61. The van der Waals surface area contributed by atoms with Crippen molar-refractivity contribution in [2.75, 3.05) is 6.61 Å². The van der Waals surface area contributed by atoms with Gasteiger partial charge < -0.3 is 4.74 Å². The van der Waals surface area contributed by atoms with E-state index in [0.29, 0.717) is 11.5 Å². The van der Waals surface area contributed by atoms with Gasteiger partial charge in [0.25, 0.3) is 0 Å². The van der Waals surface area contributed by atoms with Gasteiger partial charge in [0.2, 0.25) is 0 Å². The highest BCUT2D eigenvalue weighted by Crippen LogP contribution is 2.55. The fraction of sp³-hybridized carbons (Fsp3) is 1.00. The molecule has 5 atom stereocenters. The Balaban J connectivity index is 2.14. The molecule has 1 saturated carbocycles. The first kappa shape index (κ1) is 13.4.